The van der Waals surface area contributed by atoms with Crippen molar-refractivity contribution in [2.24, 2.45) is 0 Å². The number of rotatable bonds is 3. The highest BCUT2D eigenvalue weighted by atomic mass is 16.2. The molecule has 5 heteroatoms. The molecule has 1 aromatic heterocycles. The van der Waals surface area contributed by atoms with Crippen molar-refractivity contribution >= 4 is 22.7 Å². The van der Waals surface area contributed by atoms with Crippen LogP contribution in [0, 0.1) is 0 Å². The monoisotopic (exact) mass is 299 g/mol. The maximum absolute atomic E-state index is 12.6. The number of hydrogen-bond donors (Lipinski definition) is 1. The van der Waals surface area contributed by atoms with E-state index in [0.717, 1.165) is 5.39 Å². The zero-order valence-corrected chi connectivity index (χ0v) is 13.4. The van der Waals surface area contributed by atoms with Crippen LogP contribution in [0.2, 0.25) is 0 Å². The number of carbonyl (C=O) groups excluding carboxylic acids is 2. The minimum Gasteiger partial charge on any atom is -0.350 e. The molecule has 1 aromatic carbocycles. The summed E-state index contributed by atoms with van der Waals surface area (Å²) in [5.74, 6) is -0.398. The molecule has 0 aliphatic heterocycles. The molecule has 0 aliphatic carbocycles. The number of likely N-dealkylation sites (N-methyl/N-ethyl adjacent to an activating group) is 1. The van der Waals surface area contributed by atoms with Crippen LogP contribution in [0.4, 0.5) is 0 Å². The molecule has 0 saturated heterocycles. The van der Waals surface area contributed by atoms with Gasteiger partial charge in [-0.2, -0.15) is 0 Å². The van der Waals surface area contributed by atoms with Crippen molar-refractivity contribution in [3.63, 3.8) is 0 Å². The van der Waals surface area contributed by atoms with Gasteiger partial charge in [0, 0.05) is 24.2 Å². The topological polar surface area (TPSA) is 62.3 Å². The number of nitrogens with one attached hydrogen (secondary N) is 1. The lowest BCUT2D eigenvalue weighted by molar-refractivity contribution is -0.122. The van der Waals surface area contributed by atoms with Crippen LogP contribution in [-0.4, -0.2) is 40.8 Å². The number of fused-ring (bicyclic) bond motifs is 1. The third-order valence-electron chi connectivity index (χ3n) is 3.11. The van der Waals surface area contributed by atoms with Crippen molar-refractivity contribution in [3.05, 3.63) is 42.1 Å². The smallest absolute Gasteiger partial charge is 0.256 e. The summed E-state index contributed by atoms with van der Waals surface area (Å²) in [5, 5.41) is 3.75. The average Bonchev–Trinajstić information content (AvgIpc) is 2.43. The Bertz CT molecular complexity index is 699. The molecule has 5 nitrogen and oxygen atoms in total. The van der Waals surface area contributed by atoms with Gasteiger partial charge < -0.3 is 10.2 Å². The van der Waals surface area contributed by atoms with Crippen molar-refractivity contribution in [2.75, 3.05) is 13.6 Å². The summed E-state index contributed by atoms with van der Waals surface area (Å²) in [7, 11) is 1.62. The number of aromatic nitrogens is 1. The van der Waals surface area contributed by atoms with Gasteiger partial charge in [-0.25, -0.2) is 0 Å². The van der Waals surface area contributed by atoms with E-state index in [2.05, 4.69) is 10.3 Å². The van der Waals surface area contributed by atoms with Crippen LogP contribution in [-0.2, 0) is 4.79 Å². The molecule has 0 bridgehead atoms. The molecule has 1 N–H and O–H groups in total. The molecule has 0 atom stereocenters. The summed E-state index contributed by atoms with van der Waals surface area (Å²) in [4.78, 5) is 30.2. The fraction of sp³-hybridized carbons (Fsp3) is 0.353. The highest BCUT2D eigenvalue weighted by molar-refractivity contribution is 6.06. The van der Waals surface area contributed by atoms with Gasteiger partial charge in [-0.15, -0.1) is 0 Å². The Morgan fingerprint density at radius 1 is 1.18 bits per heavy atom. The zero-order valence-electron chi connectivity index (χ0n) is 13.4. The van der Waals surface area contributed by atoms with E-state index < -0.39 is 0 Å². The van der Waals surface area contributed by atoms with E-state index in [9.17, 15) is 9.59 Å². The Morgan fingerprint density at radius 2 is 1.86 bits per heavy atom. The molecule has 0 saturated carbocycles. The molecule has 0 spiro atoms. The van der Waals surface area contributed by atoms with Crippen LogP contribution in [0.3, 0.4) is 0 Å². The number of benzene rings is 1. The molecule has 22 heavy (non-hydrogen) atoms. The number of nitrogens with zero attached hydrogens (tertiary/aromatic N) is 2. The second-order valence-corrected chi connectivity index (χ2v) is 6.34. The second-order valence-electron chi connectivity index (χ2n) is 6.34. The lowest BCUT2D eigenvalue weighted by Crippen LogP contribution is -2.46. The Morgan fingerprint density at radius 3 is 2.55 bits per heavy atom. The standard InChI is InChI=1S/C17H21N3O2/c1-17(2,3)19-14(21)11-20(4)16(22)13-9-5-7-12-8-6-10-18-15(12)13/h5-10H,11H2,1-4H3,(H,19,21). The SMILES string of the molecule is CN(CC(=O)NC(C)(C)C)C(=O)c1cccc2cccnc12. The normalized spacial score (nSPS) is 11.3. The summed E-state index contributed by atoms with van der Waals surface area (Å²) >= 11 is 0. The van der Waals surface area contributed by atoms with Crippen molar-refractivity contribution in [2.45, 2.75) is 26.3 Å². The van der Waals surface area contributed by atoms with Crippen LogP contribution < -0.4 is 5.32 Å². The van der Waals surface area contributed by atoms with Crippen molar-refractivity contribution < 1.29 is 9.59 Å². The molecule has 2 rings (SSSR count). The highest BCUT2D eigenvalue weighted by Gasteiger charge is 2.20. The predicted octanol–water partition coefficient (Wildman–Crippen LogP) is 2.22. The van der Waals surface area contributed by atoms with E-state index in [0.29, 0.717) is 11.1 Å². The molecule has 2 amide bonds. The van der Waals surface area contributed by atoms with Gasteiger partial charge >= 0.3 is 0 Å². The molecule has 2 aromatic rings. The van der Waals surface area contributed by atoms with Crippen LogP contribution >= 0.6 is 0 Å². The highest BCUT2D eigenvalue weighted by Crippen LogP contribution is 2.17. The molecule has 0 unspecified atom stereocenters. The maximum atomic E-state index is 12.6. The van der Waals surface area contributed by atoms with Crippen molar-refractivity contribution in [3.8, 4) is 0 Å². The van der Waals surface area contributed by atoms with E-state index in [1.807, 2.05) is 45.0 Å². The molecule has 1 heterocycles. The Balaban J connectivity index is 2.18. The number of hydrogen-bond acceptors (Lipinski definition) is 3. The van der Waals surface area contributed by atoms with E-state index in [4.69, 9.17) is 0 Å². The molecule has 0 radical (unpaired) electrons. The fourth-order valence-electron chi connectivity index (χ4n) is 2.23. The van der Waals surface area contributed by atoms with Crippen LogP contribution in [0.25, 0.3) is 10.9 Å². The number of amides is 2. The second kappa shape index (κ2) is 6.13. The third kappa shape index (κ3) is 3.81. The van der Waals surface area contributed by atoms with Gasteiger partial charge in [-0.1, -0.05) is 18.2 Å². The maximum Gasteiger partial charge on any atom is 0.256 e. The van der Waals surface area contributed by atoms with Gasteiger partial charge in [-0.05, 0) is 32.9 Å². The summed E-state index contributed by atoms with van der Waals surface area (Å²) in [5.41, 5.74) is 0.837. The number of para-hydroxylation sites is 1. The molecular weight excluding hydrogens is 278 g/mol. The van der Waals surface area contributed by atoms with Crippen molar-refractivity contribution in [1.82, 2.24) is 15.2 Å². The lowest BCUT2D eigenvalue weighted by atomic mass is 10.1. The Hall–Kier alpha value is -2.43. The van der Waals surface area contributed by atoms with Gasteiger partial charge in [0.1, 0.15) is 0 Å². The fourth-order valence-corrected chi connectivity index (χ4v) is 2.23. The predicted molar refractivity (Wildman–Crippen MR) is 86.6 cm³/mol. The summed E-state index contributed by atoms with van der Waals surface area (Å²) in [6.07, 6.45) is 1.66. The van der Waals surface area contributed by atoms with Crippen LogP contribution in [0.15, 0.2) is 36.5 Å². The zero-order chi connectivity index (χ0) is 16.3. The Labute approximate surface area is 130 Å². The minimum absolute atomic E-state index is 0.0132. The number of carbonyl (C=O) groups is 2. The van der Waals surface area contributed by atoms with Crippen molar-refractivity contribution in [1.29, 1.82) is 0 Å². The first-order valence-electron chi connectivity index (χ1n) is 7.18. The first kappa shape index (κ1) is 15.9. The average molecular weight is 299 g/mol. The largest absolute Gasteiger partial charge is 0.350 e. The van der Waals surface area contributed by atoms with Gasteiger partial charge in [0.25, 0.3) is 5.91 Å². The summed E-state index contributed by atoms with van der Waals surface area (Å²) in [6, 6.07) is 9.20. The van der Waals surface area contributed by atoms with E-state index in [1.165, 1.54) is 4.90 Å². The number of pyridine rings is 1. The van der Waals surface area contributed by atoms with Gasteiger partial charge in [0.05, 0.1) is 17.6 Å². The van der Waals surface area contributed by atoms with Gasteiger partial charge in [-0.3, -0.25) is 14.6 Å². The third-order valence-corrected chi connectivity index (χ3v) is 3.11. The molecule has 116 valence electrons. The first-order valence-corrected chi connectivity index (χ1v) is 7.18. The van der Waals surface area contributed by atoms with E-state index in [-0.39, 0.29) is 23.9 Å². The summed E-state index contributed by atoms with van der Waals surface area (Å²) < 4.78 is 0. The van der Waals surface area contributed by atoms with E-state index >= 15 is 0 Å². The van der Waals surface area contributed by atoms with Gasteiger partial charge in [0.15, 0.2) is 0 Å². The lowest BCUT2D eigenvalue weighted by Gasteiger charge is -2.23. The molecule has 0 aliphatic rings. The minimum atomic E-state index is -0.317. The molecule has 0 fully saturated rings. The quantitative estimate of drug-likeness (QED) is 0.945. The first-order chi connectivity index (χ1) is 10.3. The van der Waals surface area contributed by atoms with Crippen LogP contribution in [0.5, 0.6) is 0 Å². The van der Waals surface area contributed by atoms with Gasteiger partial charge in [0.2, 0.25) is 5.91 Å². The Kier molecular flexibility index (Phi) is 4.45. The van der Waals surface area contributed by atoms with E-state index in [1.54, 1.807) is 19.3 Å². The molecular formula is C17H21N3O2. The summed E-state index contributed by atoms with van der Waals surface area (Å²) in [6.45, 7) is 5.73. The van der Waals surface area contributed by atoms with Crippen LogP contribution in [0.1, 0.15) is 31.1 Å².